The van der Waals surface area contributed by atoms with Crippen LogP contribution in [0, 0.1) is 12.8 Å². The third-order valence-electron chi connectivity index (χ3n) is 3.43. The molecule has 0 saturated carbocycles. The van der Waals surface area contributed by atoms with E-state index in [-0.39, 0.29) is 17.9 Å². The molecule has 0 fully saturated rings. The van der Waals surface area contributed by atoms with Crippen LogP contribution in [0.15, 0.2) is 42.6 Å². The highest BCUT2D eigenvalue weighted by atomic mass is 16.2. The van der Waals surface area contributed by atoms with Crippen LogP contribution < -0.4 is 16.0 Å². The monoisotopic (exact) mass is 326 g/mol. The van der Waals surface area contributed by atoms with Crippen LogP contribution in [0.5, 0.6) is 0 Å². The fourth-order valence-electron chi connectivity index (χ4n) is 1.96. The zero-order chi connectivity index (χ0) is 17.5. The zero-order valence-corrected chi connectivity index (χ0v) is 14.1. The number of aromatic nitrogens is 1. The average molecular weight is 326 g/mol. The van der Waals surface area contributed by atoms with Gasteiger partial charge >= 0.3 is 6.03 Å². The number of anilines is 2. The Bertz CT molecular complexity index is 714. The summed E-state index contributed by atoms with van der Waals surface area (Å²) < 4.78 is 0. The van der Waals surface area contributed by atoms with Gasteiger partial charge in [0.25, 0.3) is 0 Å². The van der Waals surface area contributed by atoms with Crippen LogP contribution in [0.1, 0.15) is 25.1 Å². The lowest BCUT2D eigenvalue weighted by molar-refractivity contribution is -0.118. The Labute approximate surface area is 141 Å². The molecule has 0 aliphatic carbocycles. The molecule has 6 nitrogen and oxygen atoms in total. The largest absolute Gasteiger partial charge is 0.332 e. The predicted octanol–water partition coefficient (Wildman–Crippen LogP) is 3.31. The molecule has 0 radical (unpaired) electrons. The number of hydrogen-bond donors (Lipinski definition) is 3. The molecule has 0 saturated heterocycles. The maximum absolute atomic E-state index is 12.0. The fraction of sp³-hybridized carbons (Fsp3) is 0.278. The number of amides is 3. The van der Waals surface area contributed by atoms with Gasteiger partial charge in [0.2, 0.25) is 5.91 Å². The molecule has 1 heterocycles. The van der Waals surface area contributed by atoms with Crippen molar-refractivity contribution in [1.82, 2.24) is 10.3 Å². The molecule has 6 heteroatoms. The molecular formula is C18H22N4O2. The first-order chi connectivity index (χ1) is 11.5. The molecule has 2 aromatic rings. The molecule has 0 bridgehead atoms. The normalized spacial score (nSPS) is 10.3. The van der Waals surface area contributed by atoms with Crippen molar-refractivity contribution in [1.29, 1.82) is 0 Å². The Kier molecular flexibility index (Phi) is 5.89. The minimum atomic E-state index is -0.323. The third kappa shape index (κ3) is 5.08. The second-order valence-corrected chi connectivity index (χ2v) is 5.80. The lowest BCUT2D eigenvalue weighted by atomic mass is 10.1. The van der Waals surface area contributed by atoms with Gasteiger partial charge in [-0.1, -0.05) is 26.0 Å². The predicted molar refractivity (Wildman–Crippen MR) is 94.7 cm³/mol. The van der Waals surface area contributed by atoms with E-state index < -0.39 is 0 Å². The van der Waals surface area contributed by atoms with Gasteiger partial charge in [-0.25, -0.2) is 4.79 Å². The molecule has 0 aliphatic rings. The van der Waals surface area contributed by atoms with Gasteiger partial charge < -0.3 is 16.0 Å². The van der Waals surface area contributed by atoms with Crippen LogP contribution >= 0.6 is 0 Å². The van der Waals surface area contributed by atoms with Crippen molar-refractivity contribution in [2.75, 3.05) is 10.6 Å². The maximum Gasteiger partial charge on any atom is 0.319 e. The molecule has 0 atom stereocenters. The molecule has 1 aromatic carbocycles. The van der Waals surface area contributed by atoms with Crippen LogP contribution in [-0.2, 0) is 11.3 Å². The van der Waals surface area contributed by atoms with Gasteiger partial charge in [0.15, 0.2) is 0 Å². The van der Waals surface area contributed by atoms with E-state index in [9.17, 15) is 9.59 Å². The number of benzene rings is 1. The highest BCUT2D eigenvalue weighted by Gasteiger charge is 2.10. The number of carbonyl (C=O) groups is 2. The van der Waals surface area contributed by atoms with Crippen molar-refractivity contribution in [3.63, 3.8) is 0 Å². The Morgan fingerprint density at radius 3 is 2.58 bits per heavy atom. The van der Waals surface area contributed by atoms with E-state index in [1.807, 2.05) is 51.1 Å². The summed E-state index contributed by atoms with van der Waals surface area (Å²) in [6.45, 7) is 5.89. The van der Waals surface area contributed by atoms with Gasteiger partial charge in [0, 0.05) is 23.5 Å². The Morgan fingerprint density at radius 2 is 1.92 bits per heavy atom. The molecule has 3 N–H and O–H groups in total. The van der Waals surface area contributed by atoms with Crippen molar-refractivity contribution in [3.05, 3.63) is 53.9 Å². The van der Waals surface area contributed by atoms with Crippen molar-refractivity contribution >= 4 is 23.3 Å². The van der Waals surface area contributed by atoms with Gasteiger partial charge in [0.1, 0.15) is 0 Å². The topological polar surface area (TPSA) is 83.1 Å². The van der Waals surface area contributed by atoms with Crippen LogP contribution in [0.2, 0.25) is 0 Å². The summed E-state index contributed by atoms with van der Waals surface area (Å²) >= 11 is 0. The smallest absolute Gasteiger partial charge is 0.319 e. The van der Waals surface area contributed by atoms with E-state index in [1.165, 1.54) is 0 Å². The van der Waals surface area contributed by atoms with E-state index >= 15 is 0 Å². The van der Waals surface area contributed by atoms with Crippen LogP contribution in [-0.4, -0.2) is 16.9 Å². The standard InChI is InChI=1S/C18H22N4O2/c1-12(2)17(23)21-14-8-7-13(3)16(10-14)22-18(24)20-11-15-6-4-5-9-19-15/h4-10,12H,11H2,1-3H3,(H,21,23)(H2,20,22,24). The van der Waals surface area contributed by atoms with Gasteiger partial charge in [-0.05, 0) is 36.8 Å². The Balaban J connectivity index is 1.97. The van der Waals surface area contributed by atoms with Crippen molar-refractivity contribution < 1.29 is 9.59 Å². The first-order valence-corrected chi connectivity index (χ1v) is 7.82. The maximum atomic E-state index is 12.0. The molecule has 2 rings (SSSR count). The summed E-state index contributed by atoms with van der Waals surface area (Å²) in [6, 6.07) is 10.6. The zero-order valence-electron chi connectivity index (χ0n) is 14.1. The second kappa shape index (κ2) is 8.10. The van der Waals surface area contributed by atoms with E-state index in [0.717, 1.165) is 11.3 Å². The van der Waals surface area contributed by atoms with Crippen molar-refractivity contribution in [2.45, 2.75) is 27.3 Å². The quantitative estimate of drug-likeness (QED) is 0.788. The Hall–Kier alpha value is -2.89. The number of nitrogens with zero attached hydrogens (tertiary/aromatic N) is 1. The number of nitrogens with one attached hydrogen (secondary N) is 3. The lowest BCUT2D eigenvalue weighted by Crippen LogP contribution is -2.28. The number of rotatable bonds is 5. The van der Waals surface area contributed by atoms with Gasteiger partial charge in [-0.3, -0.25) is 9.78 Å². The first kappa shape index (κ1) is 17.5. The first-order valence-electron chi connectivity index (χ1n) is 7.82. The summed E-state index contributed by atoms with van der Waals surface area (Å²) in [6.07, 6.45) is 1.68. The van der Waals surface area contributed by atoms with Crippen LogP contribution in [0.3, 0.4) is 0 Å². The van der Waals surface area contributed by atoms with Gasteiger partial charge in [0.05, 0.1) is 12.2 Å². The Morgan fingerprint density at radius 1 is 1.12 bits per heavy atom. The highest BCUT2D eigenvalue weighted by molar-refractivity contribution is 5.94. The number of hydrogen-bond acceptors (Lipinski definition) is 3. The lowest BCUT2D eigenvalue weighted by Gasteiger charge is -2.13. The molecule has 24 heavy (non-hydrogen) atoms. The van der Waals surface area contributed by atoms with Gasteiger partial charge in [-0.15, -0.1) is 0 Å². The molecule has 1 aromatic heterocycles. The minimum absolute atomic E-state index is 0.0654. The molecule has 0 aliphatic heterocycles. The molecule has 0 spiro atoms. The summed E-state index contributed by atoms with van der Waals surface area (Å²) in [5.41, 5.74) is 2.99. The molecule has 126 valence electrons. The van der Waals surface area contributed by atoms with Crippen LogP contribution in [0.4, 0.5) is 16.2 Å². The summed E-state index contributed by atoms with van der Waals surface area (Å²) in [4.78, 5) is 28.0. The van der Waals surface area contributed by atoms with Crippen molar-refractivity contribution in [3.8, 4) is 0 Å². The third-order valence-corrected chi connectivity index (χ3v) is 3.43. The van der Waals surface area contributed by atoms with Crippen molar-refractivity contribution in [2.24, 2.45) is 5.92 Å². The highest BCUT2D eigenvalue weighted by Crippen LogP contribution is 2.20. The second-order valence-electron chi connectivity index (χ2n) is 5.80. The summed E-state index contributed by atoms with van der Waals surface area (Å²) in [7, 11) is 0. The van der Waals surface area contributed by atoms with E-state index in [4.69, 9.17) is 0 Å². The number of carbonyl (C=O) groups excluding carboxylic acids is 2. The number of aryl methyl sites for hydroxylation is 1. The fourth-order valence-corrected chi connectivity index (χ4v) is 1.96. The molecule has 3 amide bonds. The minimum Gasteiger partial charge on any atom is -0.332 e. The number of pyridine rings is 1. The van der Waals surface area contributed by atoms with E-state index in [1.54, 1.807) is 12.3 Å². The average Bonchev–Trinajstić information content (AvgIpc) is 2.57. The SMILES string of the molecule is Cc1ccc(NC(=O)C(C)C)cc1NC(=O)NCc1ccccn1. The molecular weight excluding hydrogens is 304 g/mol. The number of urea groups is 1. The van der Waals surface area contributed by atoms with E-state index in [0.29, 0.717) is 17.9 Å². The summed E-state index contributed by atoms with van der Waals surface area (Å²) in [5, 5.41) is 8.37. The van der Waals surface area contributed by atoms with Gasteiger partial charge in [-0.2, -0.15) is 0 Å². The molecule has 0 unspecified atom stereocenters. The summed E-state index contributed by atoms with van der Waals surface area (Å²) in [5.74, 6) is -0.172. The van der Waals surface area contributed by atoms with E-state index in [2.05, 4.69) is 20.9 Å². The van der Waals surface area contributed by atoms with Crippen LogP contribution in [0.25, 0.3) is 0 Å².